The van der Waals surface area contributed by atoms with E-state index in [4.69, 9.17) is 9.47 Å². The molecule has 276 valence electrons. The fourth-order valence-corrected chi connectivity index (χ4v) is 5.47. The van der Waals surface area contributed by atoms with Crippen molar-refractivity contribution in [3.63, 3.8) is 0 Å². The molecule has 0 spiro atoms. The van der Waals surface area contributed by atoms with Gasteiger partial charge in [-0.25, -0.2) is 0 Å². The number of ether oxygens (including phenoxy) is 2. The molecule has 4 rings (SSSR count). The highest BCUT2D eigenvalue weighted by atomic mass is 16.5. The normalized spacial score (nSPS) is 10.5. The van der Waals surface area contributed by atoms with E-state index in [1.165, 1.54) is 71.9 Å². The van der Waals surface area contributed by atoms with Gasteiger partial charge in [0.05, 0.1) is 31.0 Å². The molecule has 3 aromatic carbocycles. The number of methoxy groups -OCH3 is 2. The first kappa shape index (κ1) is 42.8. The number of pyridine rings is 1. The molecule has 0 saturated heterocycles. The molecule has 0 N–H and O–H groups in total. The van der Waals surface area contributed by atoms with Crippen LogP contribution in [0.5, 0.6) is 5.88 Å². The first-order chi connectivity index (χ1) is 25.2. The van der Waals surface area contributed by atoms with Crippen LogP contribution in [-0.2, 0) is 18.4 Å². The third-order valence-corrected chi connectivity index (χ3v) is 8.22. The van der Waals surface area contributed by atoms with Crippen LogP contribution in [0, 0.1) is 11.3 Å². The van der Waals surface area contributed by atoms with Crippen molar-refractivity contribution in [1.29, 1.82) is 5.26 Å². The van der Waals surface area contributed by atoms with Gasteiger partial charge in [-0.1, -0.05) is 127 Å². The number of aldehydes is 1. The van der Waals surface area contributed by atoms with Crippen molar-refractivity contribution in [2.24, 2.45) is 17.3 Å². The summed E-state index contributed by atoms with van der Waals surface area (Å²) in [6, 6.07) is 25.4. The van der Waals surface area contributed by atoms with Gasteiger partial charge in [0.25, 0.3) is 11.5 Å². The summed E-state index contributed by atoms with van der Waals surface area (Å²) in [6.07, 6.45) is 8.75. The highest BCUT2D eigenvalue weighted by Crippen LogP contribution is 2.34. The average Bonchev–Trinajstić information content (AvgIpc) is 3.17. The molecule has 0 aliphatic rings. The molecule has 4 aromatic rings. The zero-order valence-electron chi connectivity index (χ0n) is 31.9. The first-order valence-electron chi connectivity index (χ1n) is 17.8. The Labute approximate surface area is 308 Å². The molecule has 0 fully saturated rings. The SMILES string of the molecule is CCCCC.CCCCC.COCc1c(N=Nc2ccc(C(=O)N(C)C(c3ccccc3)c3ccccc3)c(C=O)c2)c(OC)n(C)c(=O)c1C#N. The molecule has 0 aliphatic heterocycles. The van der Waals surface area contributed by atoms with Crippen molar-refractivity contribution in [3.8, 4) is 11.9 Å². The molecular weight excluding hydrogens is 654 g/mol. The Morgan fingerprint density at radius 1 is 0.885 bits per heavy atom. The lowest BCUT2D eigenvalue weighted by atomic mass is 9.96. The molecular formula is C42H53N5O5. The molecule has 10 heteroatoms. The fraction of sp³-hybridized carbons (Fsp3) is 0.381. The van der Waals surface area contributed by atoms with Crippen molar-refractivity contribution in [2.75, 3.05) is 21.3 Å². The molecule has 52 heavy (non-hydrogen) atoms. The lowest BCUT2D eigenvalue weighted by Crippen LogP contribution is -2.32. The van der Waals surface area contributed by atoms with Crippen molar-refractivity contribution < 1.29 is 19.1 Å². The summed E-state index contributed by atoms with van der Waals surface area (Å²) in [6.45, 7) is 8.77. The molecule has 0 aliphatic carbocycles. The molecule has 0 saturated carbocycles. The van der Waals surface area contributed by atoms with Crippen LogP contribution in [0.15, 0.2) is 93.9 Å². The zero-order valence-corrected chi connectivity index (χ0v) is 31.9. The Morgan fingerprint density at radius 2 is 1.42 bits per heavy atom. The Balaban J connectivity index is 0.000000825. The highest BCUT2D eigenvalue weighted by molar-refractivity contribution is 6.02. The van der Waals surface area contributed by atoms with Crippen LogP contribution in [-0.4, -0.2) is 42.9 Å². The van der Waals surface area contributed by atoms with E-state index in [0.29, 0.717) is 6.29 Å². The minimum absolute atomic E-state index is 0.0763. The van der Waals surface area contributed by atoms with Gasteiger partial charge in [0, 0.05) is 32.3 Å². The van der Waals surface area contributed by atoms with Crippen LogP contribution in [0.3, 0.4) is 0 Å². The molecule has 1 aromatic heterocycles. The van der Waals surface area contributed by atoms with Gasteiger partial charge in [-0.15, -0.1) is 5.11 Å². The number of aromatic nitrogens is 1. The molecule has 0 atom stereocenters. The number of carbonyl (C=O) groups excluding carboxylic acids is 2. The summed E-state index contributed by atoms with van der Waals surface area (Å²) in [5.41, 5.74) is 2.12. The smallest absolute Gasteiger partial charge is 0.271 e. The van der Waals surface area contributed by atoms with E-state index in [1.54, 1.807) is 18.0 Å². The third-order valence-electron chi connectivity index (χ3n) is 8.22. The summed E-state index contributed by atoms with van der Waals surface area (Å²) in [5.74, 6) is -0.259. The van der Waals surface area contributed by atoms with Crippen molar-refractivity contribution in [2.45, 2.75) is 78.9 Å². The number of amides is 1. The molecule has 0 unspecified atom stereocenters. The van der Waals surface area contributed by atoms with Crippen LogP contribution >= 0.6 is 0 Å². The van der Waals surface area contributed by atoms with Crippen LogP contribution in [0.2, 0.25) is 0 Å². The predicted octanol–water partition coefficient (Wildman–Crippen LogP) is 9.89. The molecule has 0 radical (unpaired) electrons. The van der Waals surface area contributed by atoms with E-state index in [-0.39, 0.29) is 58.1 Å². The first-order valence-corrected chi connectivity index (χ1v) is 17.8. The highest BCUT2D eigenvalue weighted by Gasteiger charge is 2.26. The number of nitrogens with zero attached hydrogens (tertiary/aromatic N) is 5. The number of nitriles is 1. The predicted molar refractivity (Wildman–Crippen MR) is 207 cm³/mol. The maximum absolute atomic E-state index is 13.8. The Morgan fingerprint density at radius 3 is 1.85 bits per heavy atom. The van der Waals surface area contributed by atoms with Gasteiger partial charge in [-0.2, -0.15) is 10.4 Å². The number of unbranched alkanes of at least 4 members (excludes halogenated alkanes) is 4. The topological polar surface area (TPSA) is 126 Å². The number of azo groups is 1. The summed E-state index contributed by atoms with van der Waals surface area (Å²) in [4.78, 5) is 40.1. The number of carbonyl (C=O) groups is 2. The second-order valence-corrected chi connectivity index (χ2v) is 12.1. The van der Waals surface area contributed by atoms with E-state index >= 15 is 0 Å². The summed E-state index contributed by atoms with van der Waals surface area (Å²) >= 11 is 0. The van der Waals surface area contributed by atoms with Crippen molar-refractivity contribution in [3.05, 3.63) is 123 Å². The van der Waals surface area contributed by atoms with Crippen LogP contribution in [0.25, 0.3) is 0 Å². The average molecular weight is 708 g/mol. The van der Waals surface area contributed by atoms with E-state index in [2.05, 4.69) is 37.9 Å². The molecule has 0 bridgehead atoms. The number of benzene rings is 3. The lowest BCUT2D eigenvalue weighted by Gasteiger charge is -2.29. The monoisotopic (exact) mass is 707 g/mol. The van der Waals surface area contributed by atoms with Gasteiger partial charge in [0.1, 0.15) is 11.6 Å². The number of rotatable bonds is 14. The largest absolute Gasteiger partial charge is 0.481 e. The zero-order chi connectivity index (χ0) is 38.5. The van der Waals surface area contributed by atoms with Gasteiger partial charge in [-0.05, 0) is 29.3 Å². The quantitative estimate of drug-likeness (QED) is 0.0948. The van der Waals surface area contributed by atoms with Crippen molar-refractivity contribution in [1.82, 2.24) is 9.47 Å². The molecule has 1 amide bonds. The van der Waals surface area contributed by atoms with E-state index in [9.17, 15) is 19.6 Å². The van der Waals surface area contributed by atoms with E-state index in [1.807, 2.05) is 66.7 Å². The van der Waals surface area contributed by atoms with Gasteiger partial charge in [0.15, 0.2) is 12.0 Å². The summed E-state index contributed by atoms with van der Waals surface area (Å²) in [5, 5.41) is 18.1. The van der Waals surface area contributed by atoms with Crippen LogP contribution in [0.1, 0.15) is 115 Å². The minimum atomic E-state index is -0.556. The Kier molecular flexibility index (Phi) is 19.0. The second-order valence-electron chi connectivity index (χ2n) is 12.1. The van der Waals surface area contributed by atoms with Gasteiger partial charge < -0.3 is 14.4 Å². The maximum Gasteiger partial charge on any atom is 0.271 e. The summed E-state index contributed by atoms with van der Waals surface area (Å²) < 4.78 is 11.7. The molecule has 1 heterocycles. The standard InChI is InChI=1S/C32H29N5O5.2C5H12/c1-36(29(21-11-7-5-8-12-21)22-13-9-6-10-14-22)30(39)25-16-15-24(17-23(25)19-38)34-35-28-27(20-41-3)26(18-33)31(40)37(2)32(28)42-4;2*1-3-5-4-2/h5-17,19,29H,20H2,1-4H3;2*3-5H2,1-2H3. The minimum Gasteiger partial charge on any atom is -0.481 e. The second kappa shape index (κ2) is 23.1. The van der Waals surface area contributed by atoms with Crippen LogP contribution < -0.4 is 10.3 Å². The van der Waals surface area contributed by atoms with E-state index in [0.717, 1.165) is 15.7 Å². The van der Waals surface area contributed by atoms with Crippen molar-refractivity contribution >= 4 is 23.6 Å². The van der Waals surface area contributed by atoms with E-state index < -0.39 is 5.56 Å². The summed E-state index contributed by atoms with van der Waals surface area (Å²) in [7, 11) is 5.95. The van der Waals surface area contributed by atoms with Gasteiger partial charge >= 0.3 is 0 Å². The Bertz CT molecular complexity index is 1780. The fourth-order valence-electron chi connectivity index (χ4n) is 5.47. The lowest BCUT2D eigenvalue weighted by molar-refractivity contribution is 0.0752. The van der Waals surface area contributed by atoms with Crippen LogP contribution in [0.4, 0.5) is 11.4 Å². The third kappa shape index (κ3) is 11.6. The van der Waals surface area contributed by atoms with Gasteiger partial charge in [0.2, 0.25) is 5.88 Å². The number of hydrogen-bond donors (Lipinski definition) is 0. The molecule has 10 nitrogen and oxygen atoms in total. The van der Waals surface area contributed by atoms with Gasteiger partial charge in [-0.3, -0.25) is 19.0 Å². The maximum atomic E-state index is 13.8. The Hall–Kier alpha value is -5.40. The number of hydrogen-bond acceptors (Lipinski definition) is 8.